The molecular weight excluding hydrogens is 523 g/mol. The third kappa shape index (κ3) is 6.00. The monoisotopic (exact) mass is 548 g/mol. The average molecular weight is 549 g/mol. The van der Waals surface area contributed by atoms with Crippen LogP contribution in [0.3, 0.4) is 0 Å². The summed E-state index contributed by atoms with van der Waals surface area (Å²) in [7, 11) is 1.80. The highest BCUT2D eigenvalue weighted by molar-refractivity contribution is 7.99. The van der Waals surface area contributed by atoms with Crippen molar-refractivity contribution in [2.75, 3.05) is 5.75 Å². The molecule has 2 amide bonds. The van der Waals surface area contributed by atoms with Crippen LogP contribution in [0.15, 0.2) is 82.4 Å². The quantitative estimate of drug-likeness (QED) is 0.314. The van der Waals surface area contributed by atoms with Crippen molar-refractivity contribution in [2.24, 2.45) is 12.1 Å². The maximum Gasteiger partial charge on any atom is 0.253 e. The van der Waals surface area contributed by atoms with Gasteiger partial charge in [-0.2, -0.15) is 5.10 Å². The summed E-state index contributed by atoms with van der Waals surface area (Å²) in [5.41, 5.74) is 2.59. The fraction of sp³-hybridized carbons (Fsp3) is 0.222. The summed E-state index contributed by atoms with van der Waals surface area (Å²) in [6.45, 7) is 0.233. The summed E-state index contributed by atoms with van der Waals surface area (Å²) in [5, 5.41) is 19.9. The zero-order valence-electron chi connectivity index (χ0n) is 20.6. The molecule has 5 rings (SSSR count). The molecule has 0 saturated carbocycles. The number of carbonyl (C=O) groups excluding carboxylic acids is 2. The average Bonchev–Trinajstić information content (AvgIpc) is 3.68. The van der Waals surface area contributed by atoms with Gasteiger partial charge in [-0.05, 0) is 34.7 Å². The van der Waals surface area contributed by atoms with Gasteiger partial charge in [0.25, 0.3) is 5.91 Å². The van der Waals surface area contributed by atoms with Crippen molar-refractivity contribution in [1.82, 2.24) is 25.1 Å². The lowest BCUT2D eigenvalue weighted by atomic mass is 10.0. The van der Waals surface area contributed by atoms with Gasteiger partial charge in [-0.25, -0.2) is 9.40 Å². The van der Waals surface area contributed by atoms with Gasteiger partial charge >= 0.3 is 0 Å². The van der Waals surface area contributed by atoms with E-state index in [0.29, 0.717) is 17.4 Å². The molecule has 1 N–H and O–H groups in total. The Kier molecular flexibility index (Phi) is 7.94. The van der Waals surface area contributed by atoms with Gasteiger partial charge in [0.1, 0.15) is 5.82 Å². The first-order chi connectivity index (χ1) is 18.5. The fourth-order valence-corrected chi connectivity index (χ4v) is 5.62. The van der Waals surface area contributed by atoms with Gasteiger partial charge in [0.15, 0.2) is 11.0 Å². The van der Waals surface area contributed by atoms with Crippen LogP contribution in [0.5, 0.6) is 0 Å². The van der Waals surface area contributed by atoms with Crippen LogP contribution >= 0.6 is 23.1 Å². The molecule has 0 saturated heterocycles. The van der Waals surface area contributed by atoms with Crippen LogP contribution in [-0.2, 0) is 29.6 Å². The smallest absolute Gasteiger partial charge is 0.253 e. The molecule has 0 unspecified atom stereocenters. The second-order valence-corrected chi connectivity index (χ2v) is 10.6. The topological polar surface area (TPSA) is 92.5 Å². The second-order valence-electron chi connectivity index (χ2n) is 8.72. The van der Waals surface area contributed by atoms with Crippen LogP contribution in [0.4, 0.5) is 4.39 Å². The van der Waals surface area contributed by atoms with E-state index in [1.54, 1.807) is 35.1 Å². The number of hydrogen-bond donors (Lipinski definition) is 1. The number of hydrazone groups is 1. The predicted molar refractivity (Wildman–Crippen MR) is 145 cm³/mol. The molecule has 0 aliphatic carbocycles. The molecule has 38 heavy (non-hydrogen) atoms. The van der Waals surface area contributed by atoms with Crippen molar-refractivity contribution in [3.05, 3.63) is 99.8 Å². The maximum atomic E-state index is 13.5. The first-order valence-electron chi connectivity index (χ1n) is 12.0. The summed E-state index contributed by atoms with van der Waals surface area (Å²) >= 11 is 2.83. The molecule has 11 heteroatoms. The Morgan fingerprint density at radius 1 is 1.08 bits per heavy atom. The van der Waals surface area contributed by atoms with Gasteiger partial charge in [-0.3, -0.25) is 9.59 Å². The Bertz CT molecular complexity index is 1440. The number of halogens is 1. The number of nitrogens with zero attached hydrogens (tertiary/aromatic N) is 5. The Morgan fingerprint density at radius 3 is 2.61 bits per heavy atom. The zero-order chi connectivity index (χ0) is 26.5. The Hall–Kier alpha value is -3.83. The summed E-state index contributed by atoms with van der Waals surface area (Å²) in [4.78, 5) is 26.6. The van der Waals surface area contributed by atoms with E-state index < -0.39 is 0 Å². The molecule has 0 fully saturated rings. The summed E-state index contributed by atoms with van der Waals surface area (Å²) < 4.78 is 15.3. The Labute approximate surface area is 227 Å². The molecule has 1 aliphatic rings. The minimum absolute atomic E-state index is 0.102. The van der Waals surface area contributed by atoms with E-state index in [2.05, 4.69) is 20.6 Å². The number of nitrogens with one attached hydrogen (secondary N) is 1. The van der Waals surface area contributed by atoms with Crippen LogP contribution in [0.2, 0.25) is 0 Å². The van der Waals surface area contributed by atoms with E-state index in [4.69, 9.17) is 0 Å². The van der Waals surface area contributed by atoms with E-state index in [-0.39, 0.29) is 42.4 Å². The SMILES string of the molecule is Cn1c(CNC(=O)Cc2ccccc2)nnc1SCC(=O)N1N=C(c2cccs2)C[C@H]1c1ccc(F)cc1. The van der Waals surface area contributed by atoms with Crippen LogP contribution in [0, 0.1) is 5.82 Å². The predicted octanol–water partition coefficient (Wildman–Crippen LogP) is 4.34. The number of thiophene rings is 1. The fourth-order valence-electron chi connectivity index (χ4n) is 4.11. The number of aromatic nitrogens is 3. The third-order valence-electron chi connectivity index (χ3n) is 6.13. The number of rotatable bonds is 9. The lowest BCUT2D eigenvalue weighted by molar-refractivity contribution is -0.130. The van der Waals surface area contributed by atoms with Crippen LogP contribution < -0.4 is 5.32 Å². The van der Waals surface area contributed by atoms with Gasteiger partial charge in [0, 0.05) is 13.5 Å². The molecule has 8 nitrogen and oxygen atoms in total. The van der Waals surface area contributed by atoms with Crippen molar-refractivity contribution in [2.45, 2.75) is 30.6 Å². The van der Waals surface area contributed by atoms with Gasteiger partial charge < -0.3 is 9.88 Å². The lowest BCUT2D eigenvalue weighted by Crippen LogP contribution is -2.28. The molecule has 4 aromatic rings. The van der Waals surface area contributed by atoms with Crippen LogP contribution in [-0.4, -0.2) is 43.1 Å². The molecule has 1 aliphatic heterocycles. The summed E-state index contributed by atoms with van der Waals surface area (Å²) in [6.07, 6.45) is 0.840. The maximum absolute atomic E-state index is 13.5. The van der Waals surface area contributed by atoms with Crippen molar-refractivity contribution < 1.29 is 14.0 Å². The van der Waals surface area contributed by atoms with Gasteiger partial charge in [-0.15, -0.1) is 21.5 Å². The second kappa shape index (κ2) is 11.7. The molecule has 0 spiro atoms. The van der Waals surface area contributed by atoms with Crippen molar-refractivity contribution in [3.8, 4) is 0 Å². The molecule has 2 aromatic carbocycles. The normalized spacial score (nSPS) is 14.9. The molecule has 2 aromatic heterocycles. The van der Waals surface area contributed by atoms with Gasteiger partial charge in [0.05, 0.1) is 35.3 Å². The molecule has 3 heterocycles. The van der Waals surface area contributed by atoms with E-state index in [0.717, 1.165) is 21.7 Å². The number of benzene rings is 2. The molecular formula is C27H25FN6O2S2. The van der Waals surface area contributed by atoms with E-state index >= 15 is 0 Å². The number of thioether (sulfide) groups is 1. The van der Waals surface area contributed by atoms with E-state index in [1.165, 1.54) is 28.9 Å². The third-order valence-corrected chi connectivity index (χ3v) is 8.05. The summed E-state index contributed by atoms with van der Waals surface area (Å²) in [5.74, 6) is 0.0738. The van der Waals surface area contributed by atoms with E-state index in [1.807, 2.05) is 47.8 Å². The first kappa shape index (κ1) is 25.8. The Morgan fingerprint density at radius 2 is 1.87 bits per heavy atom. The minimum atomic E-state index is -0.325. The van der Waals surface area contributed by atoms with E-state index in [9.17, 15) is 14.0 Å². The van der Waals surface area contributed by atoms with Crippen molar-refractivity contribution >= 4 is 40.6 Å². The van der Waals surface area contributed by atoms with Crippen LogP contribution in [0.25, 0.3) is 0 Å². The van der Waals surface area contributed by atoms with Crippen LogP contribution in [0.1, 0.15) is 34.3 Å². The highest BCUT2D eigenvalue weighted by atomic mass is 32.2. The number of hydrogen-bond acceptors (Lipinski definition) is 7. The molecule has 0 bridgehead atoms. The van der Waals surface area contributed by atoms with Crippen molar-refractivity contribution in [1.29, 1.82) is 0 Å². The van der Waals surface area contributed by atoms with Gasteiger partial charge in [0.2, 0.25) is 5.91 Å². The highest BCUT2D eigenvalue weighted by Gasteiger charge is 2.33. The minimum Gasteiger partial charge on any atom is -0.349 e. The number of amides is 2. The van der Waals surface area contributed by atoms with Gasteiger partial charge in [-0.1, -0.05) is 60.3 Å². The molecule has 194 valence electrons. The standard InChI is InChI=1S/C27H25FN6O2S2/c1-33-24(16-29-25(35)14-18-6-3-2-4-7-18)30-31-27(33)38-17-26(36)34-22(19-9-11-20(28)12-10-19)15-21(32-34)23-8-5-13-37-23/h2-13,22H,14-17H2,1H3,(H,29,35)/t22-/m0/s1. The first-order valence-corrected chi connectivity index (χ1v) is 13.8. The Balaban J connectivity index is 1.22. The molecule has 1 atom stereocenters. The molecule has 0 radical (unpaired) electrons. The highest BCUT2D eigenvalue weighted by Crippen LogP contribution is 2.34. The zero-order valence-corrected chi connectivity index (χ0v) is 22.2. The largest absolute Gasteiger partial charge is 0.349 e. The lowest BCUT2D eigenvalue weighted by Gasteiger charge is -2.21. The van der Waals surface area contributed by atoms with Crippen molar-refractivity contribution in [3.63, 3.8) is 0 Å². The summed E-state index contributed by atoms with van der Waals surface area (Å²) in [6, 6.07) is 19.3. The number of carbonyl (C=O) groups is 2.